The summed E-state index contributed by atoms with van der Waals surface area (Å²) in [5, 5.41) is 10.9. The number of likely N-dealkylation sites (N-methyl/N-ethyl adjacent to an activating group) is 4. The molecule has 0 aromatic heterocycles. The lowest BCUT2D eigenvalue weighted by molar-refractivity contribution is -0.149. The Balaban J connectivity index is 5.59. The number of rotatable bonds is 16. The Morgan fingerprint density at radius 2 is 1.05 bits per heavy atom. The minimum absolute atomic E-state index is 0.107. The van der Waals surface area contributed by atoms with Gasteiger partial charge in [0, 0.05) is 21.1 Å². The molecule has 0 radical (unpaired) electrons. The molecule has 0 heterocycles. The average Bonchev–Trinajstić information content (AvgIpc) is 2.85. The van der Waals surface area contributed by atoms with Crippen LogP contribution in [0.1, 0.15) is 74.7 Å². The largest absolute Gasteiger partial charge is 0.357 e. The molecule has 0 saturated carbocycles. The summed E-state index contributed by atoms with van der Waals surface area (Å²) in [6, 6.07) is -3.58. The quantitative estimate of drug-likeness (QED) is 0.224. The van der Waals surface area contributed by atoms with Crippen LogP contribution >= 0.6 is 0 Å². The summed E-state index contributed by atoms with van der Waals surface area (Å²) in [5.41, 5.74) is 0. The molecule has 0 spiro atoms. The van der Waals surface area contributed by atoms with Crippen LogP contribution < -0.4 is 21.3 Å². The minimum Gasteiger partial charge on any atom is -0.357 e. The van der Waals surface area contributed by atoms with E-state index in [9.17, 15) is 24.0 Å². The van der Waals surface area contributed by atoms with Crippen LogP contribution in [0.4, 0.5) is 0 Å². The Morgan fingerprint density at radius 3 is 1.49 bits per heavy atom. The highest BCUT2D eigenvalue weighted by Gasteiger charge is 2.36. The van der Waals surface area contributed by atoms with Gasteiger partial charge in [0.25, 0.3) is 0 Å². The van der Waals surface area contributed by atoms with Crippen LogP contribution in [0.2, 0.25) is 0 Å². The van der Waals surface area contributed by atoms with E-state index in [1.807, 2.05) is 41.5 Å². The fraction of sp³-hybridized carbons (Fsp3) is 0.821. The number of hydrogen-bond donors (Lipinski definition) is 4. The zero-order chi connectivity index (χ0) is 30.6. The van der Waals surface area contributed by atoms with Gasteiger partial charge in [-0.1, -0.05) is 41.5 Å². The lowest BCUT2D eigenvalue weighted by atomic mass is 9.97. The van der Waals surface area contributed by atoms with Crippen molar-refractivity contribution in [3.8, 4) is 0 Å². The van der Waals surface area contributed by atoms with Crippen LogP contribution in [0.3, 0.4) is 0 Å². The topological polar surface area (TPSA) is 140 Å². The molecule has 0 aromatic carbocycles. The lowest BCUT2D eigenvalue weighted by Gasteiger charge is -2.36. The highest BCUT2D eigenvalue weighted by Crippen LogP contribution is 2.18. The fourth-order valence-corrected chi connectivity index (χ4v) is 4.44. The minimum atomic E-state index is -0.830. The number of nitrogens with one attached hydrogen (secondary N) is 4. The van der Waals surface area contributed by atoms with Gasteiger partial charge in [0.05, 0.1) is 18.1 Å². The maximum absolute atomic E-state index is 13.6. The second kappa shape index (κ2) is 17.2. The summed E-state index contributed by atoms with van der Waals surface area (Å²) in [4.78, 5) is 67.6. The molecule has 11 nitrogen and oxygen atoms in total. The predicted octanol–water partition coefficient (Wildman–Crippen LogP) is 1.12. The maximum Gasteiger partial charge on any atom is 0.245 e. The van der Waals surface area contributed by atoms with Crippen molar-refractivity contribution in [2.24, 2.45) is 17.8 Å². The normalized spacial score (nSPS) is 15.4. The molecule has 0 rings (SSSR count). The van der Waals surface area contributed by atoms with Gasteiger partial charge in [0.2, 0.25) is 29.5 Å². The summed E-state index contributed by atoms with van der Waals surface area (Å²) >= 11 is 0. The average molecular weight is 555 g/mol. The second-order valence-corrected chi connectivity index (χ2v) is 11.7. The van der Waals surface area contributed by atoms with Crippen molar-refractivity contribution in [2.45, 2.75) is 105 Å². The Labute approximate surface area is 235 Å². The molecule has 0 unspecified atom stereocenters. The molecule has 5 amide bonds. The highest BCUT2D eigenvalue weighted by molar-refractivity contribution is 6.00. The third-order valence-corrected chi connectivity index (χ3v) is 6.74. The standard InChI is InChI=1S/C28H54N6O5/c1-16(2)13-21(29-9)25(36)32-24(35)19(7)31-20(8)27(38)34(12)23(15-18(5)6)28(39)33(11)22(14-17(3)4)26(37)30-10/h16-23,29,31H,13-15H2,1-12H3,(H,30,37)(H,32,35,36)/t19-,20+,21-,22+,23+/m0/s1. The van der Waals surface area contributed by atoms with Crippen molar-refractivity contribution in [2.75, 3.05) is 28.2 Å². The van der Waals surface area contributed by atoms with Crippen LogP contribution in [0.5, 0.6) is 0 Å². The third-order valence-electron chi connectivity index (χ3n) is 6.74. The van der Waals surface area contributed by atoms with Gasteiger partial charge in [-0.05, 0) is 57.9 Å². The molecule has 11 heteroatoms. The van der Waals surface area contributed by atoms with Gasteiger partial charge in [-0.2, -0.15) is 0 Å². The zero-order valence-electron chi connectivity index (χ0n) is 26.2. The summed E-state index contributed by atoms with van der Waals surface area (Å²) in [6.45, 7) is 15.1. The van der Waals surface area contributed by atoms with E-state index in [-0.39, 0.29) is 35.5 Å². The van der Waals surface area contributed by atoms with E-state index in [2.05, 4.69) is 21.3 Å². The molecular weight excluding hydrogens is 500 g/mol. The van der Waals surface area contributed by atoms with Crippen molar-refractivity contribution < 1.29 is 24.0 Å². The van der Waals surface area contributed by atoms with E-state index in [0.717, 1.165) is 0 Å². The zero-order valence-corrected chi connectivity index (χ0v) is 26.2. The van der Waals surface area contributed by atoms with Crippen LogP contribution in [0.15, 0.2) is 0 Å². The van der Waals surface area contributed by atoms with Crippen LogP contribution in [-0.2, 0) is 24.0 Å². The van der Waals surface area contributed by atoms with Crippen molar-refractivity contribution in [3.63, 3.8) is 0 Å². The molecule has 0 aromatic rings. The van der Waals surface area contributed by atoms with Crippen LogP contribution in [0.25, 0.3) is 0 Å². The predicted molar refractivity (Wildman–Crippen MR) is 154 cm³/mol. The summed E-state index contributed by atoms with van der Waals surface area (Å²) in [6.07, 6.45) is 1.48. The Kier molecular flexibility index (Phi) is 16.1. The molecular formula is C28H54N6O5. The smallest absolute Gasteiger partial charge is 0.245 e. The van der Waals surface area contributed by atoms with E-state index >= 15 is 0 Å². The number of amides is 5. The molecule has 5 atom stereocenters. The van der Waals surface area contributed by atoms with Gasteiger partial charge in [-0.3, -0.25) is 34.6 Å². The number of imide groups is 1. The molecule has 0 bridgehead atoms. The van der Waals surface area contributed by atoms with Crippen LogP contribution in [0, 0.1) is 17.8 Å². The number of hydrogen-bond acceptors (Lipinski definition) is 7. The first-order valence-corrected chi connectivity index (χ1v) is 14.0. The van der Waals surface area contributed by atoms with E-state index in [1.165, 1.54) is 16.8 Å². The first-order chi connectivity index (χ1) is 18.0. The molecule has 0 aliphatic carbocycles. The van der Waals surface area contributed by atoms with E-state index in [4.69, 9.17) is 0 Å². The van der Waals surface area contributed by atoms with E-state index < -0.39 is 42.0 Å². The van der Waals surface area contributed by atoms with Crippen molar-refractivity contribution in [3.05, 3.63) is 0 Å². The van der Waals surface area contributed by atoms with E-state index in [0.29, 0.717) is 19.3 Å². The first-order valence-electron chi connectivity index (χ1n) is 14.0. The number of carbonyl (C=O) groups is 5. The maximum atomic E-state index is 13.6. The lowest BCUT2D eigenvalue weighted by Crippen LogP contribution is -2.58. The first kappa shape index (κ1) is 36.5. The molecule has 0 aliphatic rings. The number of carbonyl (C=O) groups excluding carboxylic acids is 5. The summed E-state index contributed by atoms with van der Waals surface area (Å²) in [5.74, 6) is -1.34. The van der Waals surface area contributed by atoms with Gasteiger partial charge in [-0.25, -0.2) is 0 Å². The highest BCUT2D eigenvalue weighted by atomic mass is 16.2. The Morgan fingerprint density at radius 1 is 0.590 bits per heavy atom. The third kappa shape index (κ3) is 12.0. The molecule has 0 aliphatic heterocycles. The van der Waals surface area contributed by atoms with Gasteiger partial charge in [-0.15, -0.1) is 0 Å². The Bertz CT molecular complexity index is 831. The van der Waals surface area contributed by atoms with Gasteiger partial charge in [0.15, 0.2) is 0 Å². The monoisotopic (exact) mass is 554 g/mol. The molecule has 0 fully saturated rings. The SMILES string of the molecule is CNC(=O)[C@@H](CC(C)C)N(C)C(=O)[C@@H](CC(C)C)N(C)C(=O)[C@@H](C)N[C@@H](C)C(=O)NC(=O)[C@H](CC(C)C)NC. The second-order valence-electron chi connectivity index (χ2n) is 11.7. The molecule has 4 N–H and O–H groups in total. The molecule has 0 saturated heterocycles. The van der Waals surface area contributed by atoms with Gasteiger partial charge < -0.3 is 20.4 Å². The fourth-order valence-electron chi connectivity index (χ4n) is 4.44. The Hall–Kier alpha value is -2.53. The van der Waals surface area contributed by atoms with Crippen molar-refractivity contribution >= 4 is 29.5 Å². The summed E-state index contributed by atoms with van der Waals surface area (Å²) in [7, 11) is 6.37. The number of nitrogens with zero attached hydrogens (tertiary/aromatic N) is 2. The summed E-state index contributed by atoms with van der Waals surface area (Å²) < 4.78 is 0. The van der Waals surface area contributed by atoms with Gasteiger partial charge in [0.1, 0.15) is 12.1 Å². The molecule has 226 valence electrons. The van der Waals surface area contributed by atoms with Crippen LogP contribution in [-0.4, -0.2) is 97.7 Å². The van der Waals surface area contributed by atoms with Crippen molar-refractivity contribution in [1.82, 2.24) is 31.1 Å². The van der Waals surface area contributed by atoms with Gasteiger partial charge >= 0.3 is 0 Å². The van der Waals surface area contributed by atoms with Crippen molar-refractivity contribution in [1.29, 1.82) is 0 Å². The molecule has 39 heavy (non-hydrogen) atoms. The van der Waals surface area contributed by atoms with E-state index in [1.54, 1.807) is 35.0 Å².